The number of nitrogens with zero attached hydrogens (tertiary/aromatic N) is 5. The Balaban J connectivity index is 1.58. The standard InChI is InChI=1S/C21H21FN6O3S/c1-26(16-3-2-10-23-13-16)18-9-8-17(28(29)30)20(25-18)24-14-4-6-15(7-5-14)27-11-12-31-21(32)19(27)22/h2-10,13,19,21,32H,11-12H2,1H3,(H,24,25). The third-order valence-corrected chi connectivity index (χ3v) is 5.44. The fourth-order valence-corrected chi connectivity index (χ4v) is 3.59. The van der Waals surface area contributed by atoms with Crippen molar-refractivity contribution in [3.05, 3.63) is 71.0 Å². The number of pyridine rings is 2. The molecule has 2 unspecified atom stereocenters. The molecule has 0 saturated carbocycles. The number of nitrogens with one attached hydrogen (secondary N) is 1. The molecule has 0 radical (unpaired) electrons. The van der Waals surface area contributed by atoms with Gasteiger partial charge in [0.25, 0.3) is 0 Å². The van der Waals surface area contributed by atoms with E-state index in [4.69, 9.17) is 4.74 Å². The Morgan fingerprint density at radius 3 is 2.75 bits per heavy atom. The first-order valence-electron chi connectivity index (χ1n) is 9.81. The Kier molecular flexibility index (Phi) is 6.37. The molecule has 1 fully saturated rings. The van der Waals surface area contributed by atoms with Crippen molar-refractivity contribution in [3.8, 4) is 0 Å². The van der Waals surface area contributed by atoms with Gasteiger partial charge in [0.15, 0.2) is 0 Å². The summed E-state index contributed by atoms with van der Waals surface area (Å²) < 4.78 is 19.6. The molecule has 32 heavy (non-hydrogen) atoms. The molecule has 0 amide bonds. The van der Waals surface area contributed by atoms with E-state index in [1.54, 1.807) is 65.6 Å². The van der Waals surface area contributed by atoms with Crippen LogP contribution in [0, 0.1) is 10.1 Å². The molecule has 1 N–H and O–H groups in total. The number of aromatic nitrogens is 2. The molecule has 1 saturated heterocycles. The van der Waals surface area contributed by atoms with Crippen LogP contribution in [-0.2, 0) is 4.74 Å². The van der Waals surface area contributed by atoms with Crippen LogP contribution in [0.4, 0.5) is 38.8 Å². The van der Waals surface area contributed by atoms with E-state index in [-0.39, 0.29) is 11.5 Å². The summed E-state index contributed by atoms with van der Waals surface area (Å²) in [6, 6.07) is 13.5. The van der Waals surface area contributed by atoms with Gasteiger partial charge in [-0.05, 0) is 42.5 Å². The first-order chi connectivity index (χ1) is 15.4. The van der Waals surface area contributed by atoms with Crippen LogP contribution in [0.5, 0.6) is 0 Å². The number of morpholine rings is 1. The second-order valence-corrected chi connectivity index (χ2v) is 7.57. The van der Waals surface area contributed by atoms with Gasteiger partial charge < -0.3 is 19.9 Å². The third-order valence-electron chi connectivity index (χ3n) is 5.05. The third kappa shape index (κ3) is 4.58. The van der Waals surface area contributed by atoms with E-state index in [2.05, 4.69) is 27.9 Å². The van der Waals surface area contributed by atoms with E-state index >= 15 is 0 Å². The van der Waals surface area contributed by atoms with Gasteiger partial charge >= 0.3 is 5.69 Å². The van der Waals surface area contributed by atoms with E-state index in [1.807, 2.05) is 6.07 Å². The molecule has 1 aliphatic heterocycles. The Morgan fingerprint density at radius 1 is 1.28 bits per heavy atom. The molecule has 0 aliphatic carbocycles. The van der Waals surface area contributed by atoms with Gasteiger partial charge in [0, 0.05) is 37.2 Å². The van der Waals surface area contributed by atoms with Gasteiger partial charge in [-0.2, -0.15) is 0 Å². The fraction of sp³-hybridized carbons (Fsp3) is 0.238. The zero-order valence-electron chi connectivity index (χ0n) is 17.1. The number of alkyl halides is 1. The van der Waals surface area contributed by atoms with Crippen molar-refractivity contribution in [2.45, 2.75) is 11.7 Å². The summed E-state index contributed by atoms with van der Waals surface area (Å²) in [5, 5.41) is 14.5. The summed E-state index contributed by atoms with van der Waals surface area (Å²) in [5.41, 5.74) is 1.06. The predicted molar refractivity (Wildman–Crippen MR) is 124 cm³/mol. The lowest BCUT2D eigenvalue weighted by atomic mass is 10.2. The summed E-state index contributed by atoms with van der Waals surface area (Å²) in [6.45, 7) is 0.780. The number of nitro groups is 1. The van der Waals surface area contributed by atoms with E-state index in [9.17, 15) is 14.5 Å². The number of rotatable bonds is 6. The molecule has 2 atom stereocenters. The van der Waals surface area contributed by atoms with Gasteiger partial charge in [0.2, 0.25) is 12.1 Å². The minimum atomic E-state index is -1.37. The Morgan fingerprint density at radius 2 is 2.06 bits per heavy atom. The van der Waals surface area contributed by atoms with Crippen LogP contribution in [0.15, 0.2) is 60.9 Å². The SMILES string of the molecule is CN(c1cccnc1)c1ccc([N+](=O)[O-])c(Nc2ccc(N3CCOC(S)C3F)cc2)n1. The number of hydrogen-bond donors (Lipinski definition) is 2. The molecule has 3 aromatic rings. The van der Waals surface area contributed by atoms with Crippen molar-refractivity contribution >= 4 is 47.0 Å². The molecule has 0 spiro atoms. The highest BCUT2D eigenvalue weighted by atomic mass is 32.1. The Labute approximate surface area is 189 Å². The van der Waals surface area contributed by atoms with Gasteiger partial charge in [-0.15, -0.1) is 12.6 Å². The second-order valence-electron chi connectivity index (χ2n) is 7.06. The lowest BCUT2D eigenvalue weighted by molar-refractivity contribution is -0.384. The van der Waals surface area contributed by atoms with Crippen molar-refractivity contribution in [1.82, 2.24) is 9.97 Å². The molecule has 1 aliphatic rings. The maximum absolute atomic E-state index is 14.4. The van der Waals surface area contributed by atoms with Crippen molar-refractivity contribution in [2.24, 2.45) is 0 Å². The zero-order chi connectivity index (χ0) is 22.7. The van der Waals surface area contributed by atoms with E-state index in [1.165, 1.54) is 6.07 Å². The molecule has 2 aromatic heterocycles. The van der Waals surface area contributed by atoms with Gasteiger partial charge in [0.05, 0.1) is 23.4 Å². The lowest BCUT2D eigenvalue weighted by Crippen LogP contribution is -2.46. The molecule has 1 aromatic carbocycles. The summed E-state index contributed by atoms with van der Waals surface area (Å²) in [7, 11) is 1.80. The molecule has 4 rings (SSSR count). The Bertz CT molecular complexity index is 1090. The summed E-state index contributed by atoms with van der Waals surface area (Å²) in [4.78, 5) is 22.9. The van der Waals surface area contributed by atoms with Crippen LogP contribution in [-0.4, -0.2) is 46.8 Å². The first kappa shape index (κ1) is 21.8. The second kappa shape index (κ2) is 9.37. The molecular formula is C21H21FN6O3S. The van der Waals surface area contributed by atoms with Crippen molar-refractivity contribution in [3.63, 3.8) is 0 Å². The van der Waals surface area contributed by atoms with Crippen molar-refractivity contribution in [2.75, 3.05) is 35.3 Å². The first-order valence-corrected chi connectivity index (χ1v) is 10.3. The topological polar surface area (TPSA) is 96.7 Å². The van der Waals surface area contributed by atoms with Gasteiger partial charge in [-0.25, -0.2) is 9.37 Å². The maximum Gasteiger partial charge on any atom is 0.311 e. The van der Waals surface area contributed by atoms with Crippen LogP contribution in [0.2, 0.25) is 0 Å². The highest BCUT2D eigenvalue weighted by molar-refractivity contribution is 7.80. The maximum atomic E-state index is 14.4. The van der Waals surface area contributed by atoms with E-state index in [0.717, 1.165) is 5.69 Å². The number of ether oxygens (including phenoxy) is 1. The highest BCUT2D eigenvalue weighted by Crippen LogP contribution is 2.32. The molecule has 3 heterocycles. The predicted octanol–water partition coefficient (Wildman–Crippen LogP) is 4.28. The van der Waals surface area contributed by atoms with Crippen LogP contribution in [0.3, 0.4) is 0 Å². The van der Waals surface area contributed by atoms with Crippen LogP contribution in [0.25, 0.3) is 0 Å². The molecular weight excluding hydrogens is 435 g/mol. The average molecular weight is 457 g/mol. The van der Waals surface area contributed by atoms with Crippen LogP contribution >= 0.6 is 12.6 Å². The molecule has 11 heteroatoms. The summed E-state index contributed by atoms with van der Waals surface area (Å²) in [6.07, 6.45) is 1.97. The van der Waals surface area contributed by atoms with Gasteiger partial charge in [-0.3, -0.25) is 15.1 Å². The minimum Gasteiger partial charge on any atom is -0.361 e. The highest BCUT2D eigenvalue weighted by Gasteiger charge is 2.30. The number of halogens is 1. The largest absolute Gasteiger partial charge is 0.361 e. The van der Waals surface area contributed by atoms with Crippen molar-refractivity contribution in [1.29, 1.82) is 0 Å². The van der Waals surface area contributed by atoms with Gasteiger partial charge in [0.1, 0.15) is 11.3 Å². The molecule has 0 bridgehead atoms. The summed E-state index contributed by atoms with van der Waals surface area (Å²) >= 11 is 4.10. The number of thiol groups is 1. The monoisotopic (exact) mass is 456 g/mol. The number of hydrogen-bond acceptors (Lipinski definition) is 9. The molecule has 9 nitrogen and oxygen atoms in total. The average Bonchev–Trinajstić information content (AvgIpc) is 2.81. The van der Waals surface area contributed by atoms with Crippen molar-refractivity contribution < 1.29 is 14.1 Å². The zero-order valence-corrected chi connectivity index (χ0v) is 18.0. The quantitative estimate of drug-likeness (QED) is 0.246. The van der Waals surface area contributed by atoms with E-state index < -0.39 is 16.7 Å². The van der Waals surface area contributed by atoms with Crippen LogP contribution < -0.4 is 15.1 Å². The lowest BCUT2D eigenvalue weighted by Gasteiger charge is -2.35. The normalized spacial score (nSPS) is 18.3. The number of anilines is 5. The smallest absolute Gasteiger partial charge is 0.311 e. The van der Waals surface area contributed by atoms with Gasteiger partial charge in [-0.1, -0.05) is 0 Å². The Hall–Kier alpha value is -3.44. The van der Waals surface area contributed by atoms with Crippen LogP contribution in [0.1, 0.15) is 0 Å². The summed E-state index contributed by atoms with van der Waals surface area (Å²) in [5.74, 6) is 0.609. The van der Waals surface area contributed by atoms with E-state index in [0.29, 0.717) is 30.3 Å². The fourth-order valence-electron chi connectivity index (χ4n) is 3.32. The number of benzene rings is 1. The molecule has 166 valence electrons. The minimum absolute atomic E-state index is 0.0983.